The number of aryl methyl sites for hydroxylation is 1. The van der Waals surface area contributed by atoms with E-state index in [1.54, 1.807) is 7.05 Å². The number of halogens is 1. The Balaban J connectivity index is 0.00000341. The van der Waals surface area contributed by atoms with Crippen molar-refractivity contribution in [1.82, 2.24) is 15.5 Å². The van der Waals surface area contributed by atoms with Crippen molar-refractivity contribution in [3.63, 3.8) is 0 Å². The van der Waals surface area contributed by atoms with Crippen LogP contribution in [0.4, 0.5) is 0 Å². The molecule has 2 aromatic carbocycles. The van der Waals surface area contributed by atoms with Crippen molar-refractivity contribution >= 4 is 35.8 Å². The van der Waals surface area contributed by atoms with Crippen molar-refractivity contribution in [2.45, 2.75) is 39.8 Å². The van der Waals surface area contributed by atoms with Gasteiger partial charge in [0.2, 0.25) is 5.91 Å². The minimum absolute atomic E-state index is 0. The van der Waals surface area contributed by atoms with Gasteiger partial charge in [0, 0.05) is 44.2 Å². The van der Waals surface area contributed by atoms with Gasteiger partial charge in [-0.15, -0.1) is 24.0 Å². The molecule has 0 saturated carbocycles. The number of nitrogens with zero attached hydrogens (tertiary/aromatic N) is 2. The largest absolute Gasteiger partial charge is 0.457 e. The van der Waals surface area contributed by atoms with Crippen LogP contribution in [-0.4, -0.2) is 42.9 Å². The van der Waals surface area contributed by atoms with E-state index < -0.39 is 0 Å². The van der Waals surface area contributed by atoms with Gasteiger partial charge < -0.3 is 20.3 Å². The van der Waals surface area contributed by atoms with E-state index in [9.17, 15) is 4.79 Å². The predicted octanol–water partition coefficient (Wildman–Crippen LogP) is 4.33. The van der Waals surface area contributed by atoms with Gasteiger partial charge in [-0.3, -0.25) is 9.79 Å². The van der Waals surface area contributed by atoms with E-state index in [-0.39, 0.29) is 41.8 Å². The molecule has 7 heteroatoms. The average Bonchev–Trinajstić information content (AvgIpc) is 3.20. The summed E-state index contributed by atoms with van der Waals surface area (Å²) in [4.78, 5) is 18.5. The minimum atomic E-state index is 0. The van der Waals surface area contributed by atoms with E-state index in [1.807, 2.05) is 61.2 Å². The van der Waals surface area contributed by atoms with Gasteiger partial charge in [-0.2, -0.15) is 0 Å². The molecule has 168 valence electrons. The van der Waals surface area contributed by atoms with Gasteiger partial charge >= 0.3 is 0 Å². The van der Waals surface area contributed by atoms with E-state index in [0.717, 1.165) is 41.6 Å². The molecule has 1 unspecified atom stereocenters. The van der Waals surface area contributed by atoms with Crippen LogP contribution in [0.1, 0.15) is 31.4 Å². The normalized spacial score (nSPS) is 16.1. The fourth-order valence-electron chi connectivity index (χ4n) is 3.57. The smallest absolute Gasteiger partial charge is 0.225 e. The molecule has 1 fully saturated rings. The van der Waals surface area contributed by atoms with Gasteiger partial charge in [0.15, 0.2) is 5.96 Å². The highest BCUT2D eigenvalue weighted by atomic mass is 127. The summed E-state index contributed by atoms with van der Waals surface area (Å²) in [6.07, 6.45) is 0.923. The average molecular weight is 536 g/mol. The van der Waals surface area contributed by atoms with Crippen molar-refractivity contribution in [3.8, 4) is 11.5 Å². The first-order valence-electron chi connectivity index (χ1n) is 10.5. The number of amides is 1. The van der Waals surface area contributed by atoms with Crippen LogP contribution in [0.25, 0.3) is 0 Å². The zero-order chi connectivity index (χ0) is 21.5. The molecule has 1 aliphatic heterocycles. The number of hydrogen-bond donors (Lipinski definition) is 2. The number of carbonyl (C=O) groups excluding carboxylic acids is 1. The maximum atomic E-state index is 12.2. The summed E-state index contributed by atoms with van der Waals surface area (Å²) in [5.41, 5.74) is 2.21. The van der Waals surface area contributed by atoms with Gasteiger partial charge in [-0.25, -0.2) is 0 Å². The van der Waals surface area contributed by atoms with Crippen LogP contribution in [0.5, 0.6) is 11.5 Å². The fourth-order valence-corrected chi connectivity index (χ4v) is 3.57. The molecule has 1 heterocycles. The number of para-hydroxylation sites is 1. The number of hydrogen-bond acceptors (Lipinski definition) is 3. The van der Waals surface area contributed by atoms with Crippen LogP contribution in [0, 0.1) is 12.8 Å². The molecule has 3 rings (SSSR count). The van der Waals surface area contributed by atoms with Crippen molar-refractivity contribution < 1.29 is 9.53 Å². The first-order valence-corrected chi connectivity index (χ1v) is 10.5. The highest BCUT2D eigenvalue weighted by Crippen LogP contribution is 2.25. The molecule has 1 saturated heterocycles. The molecule has 1 atom stereocenters. The topological polar surface area (TPSA) is 66.0 Å². The highest BCUT2D eigenvalue weighted by Gasteiger charge is 2.27. The molecule has 2 N–H and O–H groups in total. The summed E-state index contributed by atoms with van der Waals surface area (Å²) < 4.78 is 6.11. The zero-order valence-electron chi connectivity index (χ0n) is 18.7. The molecule has 0 spiro atoms. The lowest BCUT2D eigenvalue weighted by molar-refractivity contribution is -0.133. The minimum Gasteiger partial charge on any atom is -0.457 e. The molecule has 2 aromatic rings. The number of rotatable bonds is 6. The Morgan fingerprint density at radius 3 is 2.71 bits per heavy atom. The molecule has 0 bridgehead atoms. The number of guanidine groups is 1. The Labute approximate surface area is 202 Å². The first kappa shape index (κ1) is 25.0. The molecule has 1 amide bonds. The van der Waals surface area contributed by atoms with Crippen molar-refractivity contribution in [2.24, 2.45) is 10.9 Å². The molecule has 0 radical (unpaired) electrons. The molecule has 31 heavy (non-hydrogen) atoms. The molecular formula is C24H33IN4O2. The monoisotopic (exact) mass is 536 g/mol. The number of carbonyl (C=O) groups is 1. The van der Waals surface area contributed by atoms with Crippen LogP contribution in [0.3, 0.4) is 0 Å². The van der Waals surface area contributed by atoms with Gasteiger partial charge in [0.05, 0.1) is 0 Å². The standard InChI is InChI=1S/C24H32N4O2.HI/c1-17(2)23(29)28-13-12-20(16-28)27-24(25-4)26-15-19-9-5-6-11-22(19)30-21-10-7-8-18(3)14-21;/h5-11,14,17,20H,12-13,15-16H2,1-4H3,(H2,25,26,27);1H. The molecule has 1 aliphatic rings. The van der Waals surface area contributed by atoms with Gasteiger partial charge in [0.1, 0.15) is 11.5 Å². The molecular weight excluding hydrogens is 503 g/mol. The Bertz CT molecular complexity index is 901. The number of benzene rings is 2. The third kappa shape index (κ3) is 7.12. The quantitative estimate of drug-likeness (QED) is 0.328. The van der Waals surface area contributed by atoms with Crippen LogP contribution >= 0.6 is 24.0 Å². The Kier molecular flexibility index (Phi) is 9.61. The first-order chi connectivity index (χ1) is 14.5. The van der Waals surface area contributed by atoms with E-state index >= 15 is 0 Å². The summed E-state index contributed by atoms with van der Waals surface area (Å²) in [6, 6.07) is 16.2. The van der Waals surface area contributed by atoms with Gasteiger partial charge in [-0.05, 0) is 37.1 Å². The Morgan fingerprint density at radius 2 is 2.00 bits per heavy atom. The molecule has 0 aliphatic carbocycles. The number of likely N-dealkylation sites (tertiary alicyclic amines) is 1. The summed E-state index contributed by atoms with van der Waals surface area (Å²) in [5.74, 6) is 2.62. The van der Waals surface area contributed by atoms with E-state index in [2.05, 4.69) is 28.6 Å². The van der Waals surface area contributed by atoms with Crippen molar-refractivity contribution in [1.29, 1.82) is 0 Å². The second kappa shape index (κ2) is 11.9. The molecule has 6 nitrogen and oxygen atoms in total. The highest BCUT2D eigenvalue weighted by molar-refractivity contribution is 14.0. The fraction of sp³-hybridized carbons (Fsp3) is 0.417. The van der Waals surface area contributed by atoms with E-state index in [1.165, 1.54) is 0 Å². The maximum Gasteiger partial charge on any atom is 0.225 e. The lowest BCUT2D eigenvalue weighted by Crippen LogP contribution is -2.45. The number of aliphatic imine (C=N–C) groups is 1. The van der Waals surface area contributed by atoms with E-state index in [4.69, 9.17) is 4.74 Å². The maximum absolute atomic E-state index is 12.2. The summed E-state index contributed by atoms with van der Waals surface area (Å²) in [5, 5.41) is 6.81. The van der Waals surface area contributed by atoms with Crippen LogP contribution in [0.2, 0.25) is 0 Å². The van der Waals surface area contributed by atoms with Gasteiger partial charge in [0.25, 0.3) is 0 Å². The lowest BCUT2D eigenvalue weighted by Gasteiger charge is -2.20. The molecule has 0 aromatic heterocycles. The van der Waals surface area contributed by atoms with Crippen LogP contribution in [0.15, 0.2) is 53.5 Å². The summed E-state index contributed by atoms with van der Waals surface area (Å²) >= 11 is 0. The SMILES string of the molecule is CN=C(NCc1ccccc1Oc1cccc(C)c1)NC1CCN(C(=O)C(C)C)C1.I. The lowest BCUT2D eigenvalue weighted by atomic mass is 10.2. The van der Waals surface area contributed by atoms with Crippen LogP contribution in [-0.2, 0) is 11.3 Å². The van der Waals surface area contributed by atoms with Gasteiger partial charge in [-0.1, -0.05) is 44.2 Å². The number of nitrogens with one attached hydrogen (secondary N) is 2. The van der Waals surface area contributed by atoms with E-state index in [0.29, 0.717) is 13.1 Å². The summed E-state index contributed by atoms with van der Waals surface area (Å²) in [7, 11) is 1.76. The third-order valence-corrected chi connectivity index (χ3v) is 5.19. The van der Waals surface area contributed by atoms with Crippen LogP contribution < -0.4 is 15.4 Å². The Morgan fingerprint density at radius 1 is 1.23 bits per heavy atom. The predicted molar refractivity (Wildman–Crippen MR) is 136 cm³/mol. The summed E-state index contributed by atoms with van der Waals surface area (Å²) in [6.45, 7) is 8.03. The zero-order valence-corrected chi connectivity index (χ0v) is 21.1. The Hall–Kier alpha value is -2.29. The van der Waals surface area contributed by atoms with Crippen molar-refractivity contribution in [2.75, 3.05) is 20.1 Å². The number of ether oxygens (including phenoxy) is 1. The second-order valence-corrected chi connectivity index (χ2v) is 8.02. The third-order valence-electron chi connectivity index (χ3n) is 5.19. The van der Waals surface area contributed by atoms with Crippen molar-refractivity contribution in [3.05, 3.63) is 59.7 Å². The second-order valence-electron chi connectivity index (χ2n) is 8.02.